The summed E-state index contributed by atoms with van der Waals surface area (Å²) in [6.45, 7) is 17.0. The SMILES string of the molecule is CCOC(=O)CC[C@@H](C)[C@H]1C[C@H]1CO[Si](C)(C)C(C)(C)C. The zero-order chi connectivity index (χ0) is 16.3. The van der Waals surface area contributed by atoms with Gasteiger partial charge in [-0.15, -0.1) is 0 Å². The van der Waals surface area contributed by atoms with Gasteiger partial charge in [0, 0.05) is 13.0 Å². The minimum absolute atomic E-state index is 0.0564. The lowest BCUT2D eigenvalue weighted by Gasteiger charge is -2.36. The molecule has 0 aromatic rings. The van der Waals surface area contributed by atoms with Gasteiger partial charge in [0.1, 0.15) is 0 Å². The van der Waals surface area contributed by atoms with Crippen molar-refractivity contribution >= 4 is 14.3 Å². The molecule has 21 heavy (non-hydrogen) atoms. The Labute approximate surface area is 131 Å². The number of carbonyl (C=O) groups is 1. The van der Waals surface area contributed by atoms with Crippen molar-refractivity contribution in [2.24, 2.45) is 17.8 Å². The zero-order valence-corrected chi connectivity index (χ0v) is 16.0. The summed E-state index contributed by atoms with van der Waals surface area (Å²) in [7, 11) is -1.61. The molecule has 0 saturated heterocycles. The van der Waals surface area contributed by atoms with E-state index < -0.39 is 8.32 Å². The van der Waals surface area contributed by atoms with Gasteiger partial charge in [-0.05, 0) is 55.7 Å². The Bertz CT molecular complexity index is 346. The molecule has 0 spiro atoms. The molecular weight excluding hydrogens is 280 g/mol. The van der Waals surface area contributed by atoms with Crippen LogP contribution in [0.15, 0.2) is 0 Å². The van der Waals surface area contributed by atoms with Gasteiger partial charge in [-0.2, -0.15) is 0 Å². The molecule has 0 radical (unpaired) electrons. The average molecular weight is 315 g/mol. The number of esters is 1. The van der Waals surface area contributed by atoms with Crippen LogP contribution in [0.3, 0.4) is 0 Å². The minimum atomic E-state index is -1.61. The van der Waals surface area contributed by atoms with Crippen molar-refractivity contribution in [1.82, 2.24) is 0 Å². The van der Waals surface area contributed by atoms with E-state index >= 15 is 0 Å². The molecule has 0 unspecified atom stereocenters. The number of hydrogen-bond acceptors (Lipinski definition) is 3. The monoisotopic (exact) mass is 314 g/mol. The van der Waals surface area contributed by atoms with Gasteiger partial charge in [0.15, 0.2) is 8.32 Å². The van der Waals surface area contributed by atoms with Gasteiger partial charge in [0.25, 0.3) is 0 Å². The van der Waals surface area contributed by atoms with E-state index in [0.717, 1.165) is 18.9 Å². The van der Waals surface area contributed by atoms with Gasteiger partial charge in [-0.3, -0.25) is 4.79 Å². The van der Waals surface area contributed by atoms with Crippen molar-refractivity contribution in [1.29, 1.82) is 0 Å². The maximum Gasteiger partial charge on any atom is 0.305 e. The summed E-state index contributed by atoms with van der Waals surface area (Å²) in [5, 5.41) is 0.285. The fraction of sp³-hybridized carbons (Fsp3) is 0.941. The van der Waals surface area contributed by atoms with Crippen LogP contribution < -0.4 is 0 Å². The molecule has 1 rings (SSSR count). The Morgan fingerprint density at radius 2 is 1.95 bits per heavy atom. The smallest absolute Gasteiger partial charge is 0.305 e. The molecule has 4 heteroatoms. The third kappa shape index (κ3) is 5.74. The van der Waals surface area contributed by atoms with Gasteiger partial charge in [0.2, 0.25) is 0 Å². The first kappa shape index (κ1) is 18.7. The lowest BCUT2D eigenvalue weighted by Crippen LogP contribution is -2.41. The molecular formula is C17H34O3Si. The van der Waals surface area contributed by atoms with E-state index in [4.69, 9.17) is 9.16 Å². The molecule has 3 atom stereocenters. The zero-order valence-electron chi connectivity index (χ0n) is 15.0. The highest BCUT2D eigenvalue weighted by molar-refractivity contribution is 6.74. The first-order valence-electron chi connectivity index (χ1n) is 8.38. The van der Waals surface area contributed by atoms with Crippen LogP contribution in [0.2, 0.25) is 18.1 Å². The molecule has 1 aliphatic carbocycles. The predicted molar refractivity (Wildman–Crippen MR) is 89.8 cm³/mol. The standard InChI is InChI=1S/C17H34O3Si/c1-8-19-16(18)10-9-13(2)15-11-14(15)12-20-21(6,7)17(3,4)5/h13-15H,8-12H2,1-7H3/t13-,14+,15-/m1/s1. The summed E-state index contributed by atoms with van der Waals surface area (Å²) in [5.41, 5.74) is 0. The first-order chi connectivity index (χ1) is 9.58. The van der Waals surface area contributed by atoms with E-state index in [1.54, 1.807) is 0 Å². The lowest BCUT2D eigenvalue weighted by atomic mass is 9.99. The second kappa shape index (κ2) is 7.27. The highest BCUT2D eigenvalue weighted by atomic mass is 28.4. The molecule has 1 saturated carbocycles. The molecule has 1 fully saturated rings. The van der Waals surface area contributed by atoms with Crippen LogP contribution in [0.1, 0.15) is 53.9 Å². The van der Waals surface area contributed by atoms with Crippen molar-refractivity contribution in [3.8, 4) is 0 Å². The molecule has 0 aliphatic heterocycles. The normalized spacial score (nSPS) is 23.8. The van der Waals surface area contributed by atoms with E-state index in [0.29, 0.717) is 24.9 Å². The fourth-order valence-corrected chi connectivity index (χ4v) is 3.55. The van der Waals surface area contributed by atoms with Gasteiger partial charge >= 0.3 is 5.97 Å². The lowest BCUT2D eigenvalue weighted by molar-refractivity contribution is -0.143. The van der Waals surface area contributed by atoms with Crippen molar-refractivity contribution in [2.75, 3.05) is 13.2 Å². The molecule has 0 aromatic carbocycles. The quantitative estimate of drug-likeness (QED) is 0.484. The van der Waals surface area contributed by atoms with Crippen LogP contribution in [0.4, 0.5) is 0 Å². The average Bonchev–Trinajstić information content (AvgIpc) is 3.12. The Morgan fingerprint density at radius 1 is 1.33 bits per heavy atom. The highest BCUT2D eigenvalue weighted by Crippen LogP contribution is 2.47. The number of carbonyl (C=O) groups excluding carboxylic acids is 1. The summed E-state index contributed by atoms with van der Waals surface area (Å²) in [4.78, 5) is 11.4. The molecule has 0 bridgehead atoms. The van der Waals surface area contributed by atoms with Crippen LogP contribution in [0, 0.1) is 17.8 Å². The molecule has 0 heterocycles. The molecule has 1 aliphatic rings. The van der Waals surface area contributed by atoms with Gasteiger partial charge in [0.05, 0.1) is 6.61 Å². The Morgan fingerprint density at radius 3 is 2.48 bits per heavy atom. The summed E-state index contributed by atoms with van der Waals surface area (Å²) >= 11 is 0. The second-order valence-corrected chi connectivity index (χ2v) is 12.9. The molecule has 124 valence electrons. The molecule has 0 amide bonds. The maximum absolute atomic E-state index is 11.4. The van der Waals surface area contributed by atoms with E-state index in [1.165, 1.54) is 6.42 Å². The van der Waals surface area contributed by atoms with E-state index in [1.807, 2.05) is 6.92 Å². The third-order valence-electron chi connectivity index (χ3n) is 5.28. The number of hydrogen-bond donors (Lipinski definition) is 0. The second-order valence-electron chi connectivity index (χ2n) is 8.05. The van der Waals surface area contributed by atoms with E-state index in [2.05, 4.69) is 40.8 Å². The van der Waals surface area contributed by atoms with Crippen LogP contribution in [0.5, 0.6) is 0 Å². The highest BCUT2D eigenvalue weighted by Gasteiger charge is 2.44. The van der Waals surface area contributed by atoms with Gasteiger partial charge in [-0.1, -0.05) is 27.7 Å². The van der Waals surface area contributed by atoms with Crippen LogP contribution >= 0.6 is 0 Å². The third-order valence-corrected chi connectivity index (χ3v) is 9.78. The number of ether oxygens (including phenoxy) is 1. The largest absolute Gasteiger partial charge is 0.466 e. The fourth-order valence-electron chi connectivity index (χ4n) is 2.48. The molecule has 0 N–H and O–H groups in total. The Kier molecular flexibility index (Phi) is 6.48. The van der Waals surface area contributed by atoms with Crippen molar-refractivity contribution < 1.29 is 14.0 Å². The predicted octanol–water partition coefficient (Wildman–Crippen LogP) is 4.62. The van der Waals surface area contributed by atoms with Crippen molar-refractivity contribution in [3.63, 3.8) is 0 Å². The van der Waals surface area contributed by atoms with Crippen LogP contribution in [-0.4, -0.2) is 27.5 Å². The summed E-state index contributed by atoms with van der Waals surface area (Å²) < 4.78 is 11.3. The summed E-state index contributed by atoms with van der Waals surface area (Å²) in [5.74, 6) is 1.99. The van der Waals surface area contributed by atoms with Crippen LogP contribution in [-0.2, 0) is 14.0 Å². The molecule has 0 aromatic heterocycles. The van der Waals surface area contributed by atoms with Crippen molar-refractivity contribution in [2.45, 2.75) is 72.0 Å². The Hall–Kier alpha value is -0.353. The topological polar surface area (TPSA) is 35.5 Å². The first-order valence-corrected chi connectivity index (χ1v) is 11.3. The maximum atomic E-state index is 11.4. The van der Waals surface area contributed by atoms with Gasteiger partial charge in [-0.25, -0.2) is 0 Å². The summed E-state index contributed by atoms with van der Waals surface area (Å²) in [6, 6.07) is 0. The molecule has 3 nitrogen and oxygen atoms in total. The number of rotatable bonds is 8. The van der Waals surface area contributed by atoms with E-state index in [9.17, 15) is 4.79 Å². The van der Waals surface area contributed by atoms with Gasteiger partial charge < -0.3 is 9.16 Å². The van der Waals surface area contributed by atoms with Crippen LogP contribution in [0.25, 0.3) is 0 Å². The Balaban J connectivity index is 2.26. The minimum Gasteiger partial charge on any atom is -0.466 e. The van der Waals surface area contributed by atoms with E-state index in [-0.39, 0.29) is 11.0 Å². The summed E-state index contributed by atoms with van der Waals surface area (Å²) in [6.07, 6.45) is 2.76. The van der Waals surface area contributed by atoms with Crippen molar-refractivity contribution in [3.05, 3.63) is 0 Å².